The minimum atomic E-state index is -0.973. The zero-order valence-corrected chi connectivity index (χ0v) is 13.6. The molecule has 2 aromatic rings. The molecule has 0 aliphatic heterocycles. The molecule has 0 aliphatic rings. The Morgan fingerprint density at radius 3 is 2.50 bits per heavy atom. The number of nitro groups is 1. The van der Waals surface area contributed by atoms with Crippen LogP contribution >= 0.6 is 11.6 Å². The number of carbonyl (C=O) groups excluding carboxylic acids is 1. The number of amides is 1. The number of rotatable bonds is 5. The topological polar surface area (TPSA) is 108 Å². The molecule has 0 bridgehead atoms. The van der Waals surface area contributed by atoms with Crippen LogP contribution in [0.25, 0.3) is 0 Å². The number of para-hydroxylation sites is 1. The summed E-state index contributed by atoms with van der Waals surface area (Å²) in [6.45, 7) is 0. The van der Waals surface area contributed by atoms with Crippen LogP contribution in [0.2, 0.25) is 5.02 Å². The summed E-state index contributed by atoms with van der Waals surface area (Å²) in [5.74, 6) is -2.81. The van der Waals surface area contributed by atoms with Crippen molar-refractivity contribution in [2.75, 3.05) is 10.6 Å². The van der Waals surface area contributed by atoms with Crippen LogP contribution in [0.15, 0.2) is 48.2 Å². The minimum Gasteiger partial charge on any atom is -0.355 e. The van der Waals surface area contributed by atoms with Gasteiger partial charge in [0.2, 0.25) is 0 Å². The molecule has 0 unspecified atom stereocenters. The van der Waals surface area contributed by atoms with E-state index >= 15 is 0 Å². The molecule has 0 radical (unpaired) electrons. The monoisotopic (exact) mass is 378 g/mol. The van der Waals surface area contributed by atoms with Gasteiger partial charge in [0.15, 0.2) is 0 Å². The van der Waals surface area contributed by atoms with E-state index < -0.39 is 33.7 Å². The summed E-state index contributed by atoms with van der Waals surface area (Å²) >= 11 is 5.85. The Balaban J connectivity index is 2.23. The second-order valence-electron chi connectivity index (χ2n) is 4.79. The maximum Gasteiger partial charge on any atom is 0.271 e. The predicted molar refractivity (Wildman–Crippen MR) is 90.4 cm³/mol. The first-order chi connectivity index (χ1) is 12.3. The van der Waals surface area contributed by atoms with Gasteiger partial charge in [0.25, 0.3) is 11.6 Å². The number of nitrogens with zero attached hydrogens (tertiary/aromatic N) is 2. The number of carbonyl (C=O) groups is 1. The van der Waals surface area contributed by atoms with E-state index in [9.17, 15) is 23.7 Å². The lowest BCUT2D eigenvalue weighted by atomic mass is 10.2. The third kappa shape index (κ3) is 4.31. The van der Waals surface area contributed by atoms with Crippen molar-refractivity contribution in [3.05, 3.63) is 74.9 Å². The van der Waals surface area contributed by atoms with Gasteiger partial charge < -0.3 is 10.6 Å². The van der Waals surface area contributed by atoms with E-state index in [-0.39, 0.29) is 16.4 Å². The van der Waals surface area contributed by atoms with Crippen molar-refractivity contribution < 1.29 is 18.5 Å². The molecule has 0 aromatic heterocycles. The number of nitro benzene ring substituents is 1. The van der Waals surface area contributed by atoms with Crippen LogP contribution in [0.1, 0.15) is 0 Å². The minimum absolute atomic E-state index is 0.00865. The second-order valence-corrected chi connectivity index (χ2v) is 5.19. The molecule has 0 aliphatic carbocycles. The molecule has 0 heterocycles. The predicted octanol–water partition coefficient (Wildman–Crippen LogP) is 3.98. The van der Waals surface area contributed by atoms with Gasteiger partial charge in [0, 0.05) is 18.3 Å². The van der Waals surface area contributed by atoms with Crippen LogP contribution in [-0.4, -0.2) is 10.8 Å². The van der Waals surface area contributed by atoms with Crippen molar-refractivity contribution in [2.45, 2.75) is 0 Å². The van der Waals surface area contributed by atoms with Crippen molar-refractivity contribution >= 4 is 34.6 Å². The van der Waals surface area contributed by atoms with E-state index in [1.807, 2.05) is 0 Å². The molecule has 132 valence electrons. The third-order valence-electron chi connectivity index (χ3n) is 3.10. The van der Waals surface area contributed by atoms with Crippen molar-refractivity contribution in [1.82, 2.24) is 0 Å². The van der Waals surface area contributed by atoms with Crippen molar-refractivity contribution in [2.24, 2.45) is 0 Å². The largest absolute Gasteiger partial charge is 0.355 e. The van der Waals surface area contributed by atoms with Crippen LogP contribution < -0.4 is 10.6 Å². The summed E-state index contributed by atoms with van der Waals surface area (Å²) < 4.78 is 27.1. The van der Waals surface area contributed by atoms with Crippen molar-refractivity contribution in [3.8, 4) is 6.07 Å². The van der Waals surface area contributed by atoms with Gasteiger partial charge in [-0.05, 0) is 18.2 Å². The van der Waals surface area contributed by atoms with E-state index in [2.05, 4.69) is 10.6 Å². The van der Waals surface area contributed by atoms with E-state index in [0.29, 0.717) is 0 Å². The second kappa shape index (κ2) is 8.04. The molecule has 2 aromatic carbocycles. The van der Waals surface area contributed by atoms with Crippen LogP contribution in [0, 0.1) is 33.1 Å². The summed E-state index contributed by atoms with van der Waals surface area (Å²) in [7, 11) is 0. The van der Waals surface area contributed by atoms with E-state index in [0.717, 1.165) is 36.5 Å². The number of nitriles is 1. The van der Waals surface area contributed by atoms with Crippen molar-refractivity contribution in [1.29, 1.82) is 5.26 Å². The van der Waals surface area contributed by atoms with E-state index in [1.54, 1.807) is 6.07 Å². The Morgan fingerprint density at radius 1 is 1.27 bits per heavy atom. The Hall–Kier alpha value is -3.51. The van der Waals surface area contributed by atoms with Crippen molar-refractivity contribution in [3.63, 3.8) is 0 Å². The zero-order valence-electron chi connectivity index (χ0n) is 12.8. The van der Waals surface area contributed by atoms with Gasteiger partial charge in [-0.15, -0.1) is 0 Å². The molecule has 0 atom stereocenters. The number of non-ortho nitro benzene ring substituents is 1. The first kappa shape index (κ1) is 18.8. The number of hydrogen-bond acceptors (Lipinski definition) is 5. The quantitative estimate of drug-likeness (QED) is 0.354. The number of benzene rings is 2. The first-order valence-corrected chi connectivity index (χ1v) is 7.27. The summed E-state index contributed by atoms with van der Waals surface area (Å²) in [5.41, 5.74) is -1.49. The van der Waals surface area contributed by atoms with Gasteiger partial charge in [-0.2, -0.15) is 5.26 Å². The number of halogens is 3. The van der Waals surface area contributed by atoms with Gasteiger partial charge in [-0.1, -0.05) is 17.7 Å². The number of anilines is 2. The number of nitrogens with one attached hydrogen (secondary N) is 2. The van der Waals surface area contributed by atoms with Crippen LogP contribution in [0.4, 0.5) is 25.8 Å². The third-order valence-corrected chi connectivity index (χ3v) is 3.43. The molecule has 2 rings (SSSR count). The van der Waals surface area contributed by atoms with E-state index in [1.165, 1.54) is 6.07 Å². The first-order valence-electron chi connectivity index (χ1n) is 6.89. The average Bonchev–Trinajstić information content (AvgIpc) is 2.59. The molecule has 2 N–H and O–H groups in total. The van der Waals surface area contributed by atoms with Crippen LogP contribution in [0.5, 0.6) is 0 Å². The molecule has 0 fully saturated rings. The zero-order chi connectivity index (χ0) is 19.3. The summed E-state index contributed by atoms with van der Waals surface area (Å²) in [4.78, 5) is 22.2. The fourth-order valence-electron chi connectivity index (χ4n) is 1.84. The molecule has 1 amide bonds. The molecule has 0 saturated heterocycles. The molecule has 0 saturated carbocycles. The maximum atomic E-state index is 13.5. The van der Waals surface area contributed by atoms with E-state index in [4.69, 9.17) is 16.9 Å². The molecule has 7 nitrogen and oxygen atoms in total. The highest BCUT2D eigenvalue weighted by Gasteiger charge is 2.15. The van der Waals surface area contributed by atoms with Gasteiger partial charge in [0.05, 0.1) is 15.6 Å². The normalized spacial score (nSPS) is 10.8. The van der Waals surface area contributed by atoms with Gasteiger partial charge >= 0.3 is 0 Å². The molecule has 0 spiro atoms. The lowest BCUT2D eigenvalue weighted by Crippen LogP contribution is -2.15. The number of hydrogen-bond donors (Lipinski definition) is 2. The Labute approximate surface area is 150 Å². The fraction of sp³-hybridized carbons (Fsp3) is 0. The van der Waals surface area contributed by atoms with Gasteiger partial charge in [-0.3, -0.25) is 14.9 Å². The molecule has 10 heteroatoms. The standard InChI is InChI=1S/C16H9ClF2N4O3/c17-11-5-4-10(23(25)26)6-14(11)22-16(24)9(7-20)8-21-15-12(18)2-1-3-13(15)19/h1-6,8,21H,(H,22,24)/b9-8-. The smallest absolute Gasteiger partial charge is 0.271 e. The summed E-state index contributed by atoms with van der Waals surface area (Å²) in [5, 5.41) is 24.3. The molecular formula is C16H9ClF2N4O3. The fourth-order valence-corrected chi connectivity index (χ4v) is 2.01. The lowest BCUT2D eigenvalue weighted by Gasteiger charge is -2.08. The molecular weight excluding hydrogens is 370 g/mol. The molecule has 26 heavy (non-hydrogen) atoms. The Bertz CT molecular complexity index is 937. The highest BCUT2D eigenvalue weighted by atomic mass is 35.5. The van der Waals surface area contributed by atoms with Gasteiger partial charge in [-0.25, -0.2) is 8.78 Å². The van der Waals surface area contributed by atoms with Crippen LogP contribution in [-0.2, 0) is 4.79 Å². The highest BCUT2D eigenvalue weighted by molar-refractivity contribution is 6.34. The Morgan fingerprint density at radius 2 is 1.92 bits per heavy atom. The van der Waals surface area contributed by atoms with Crippen LogP contribution in [0.3, 0.4) is 0 Å². The average molecular weight is 379 g/mol. The summed E-state index contributed by atoms with van der Waals surface area (Å²) in [6.07, 6.45) is 0.808. The van der Waals surface area contributed by atoms with Gasteiger partial charge in [0.1, 0.15) is 29.0 Å². The maximum absolute atomic E-state index is 13.5. The SMILES string of the molecule is N#C/C(=C/Nc1c(F)cccc1F)C(=O)Nc1cc([N+](=O)[O-])ccc1Cl. The summed E-state index contributed by atoms with van der Waals surface area (Å²) in [6, 6.07) is 8.06. The lowest BCUT2D eigenvalue weighted by molar-refractivity contribution is -0.384. The highest BCUT2D eigenvalue weighted by Crippen LogP contribution is 2.27. The Kier molecular flexibility index (Phi) is 5.82.